The van der Waals surface area contributed by atoms with Gasteiger partial charge in [-0.15, -0.1) is 0 Å². The largest absolute Gasteiger partial charge is 0.494 e. The molecule has 1 atom stereocenters. The molecule has 1 unspecified atom stereocenters. The van der Waals surface area contributed by atoms with Gasteiger partial charge in [0.15, 0.2) is 0 Å². The number of carboxylic acids is 1. The number of amides is 1. The fourth-order valence-electron chi connectivity index (χ4n) is 2.07. The summed E-state index contributed by atoms with van der Waals surface area (Å²) in [4.78, 5) is 24.0. The summed E-state index contributed by atoms with van der Waals surface area (Å²) in [6.07, 6.45) is 0.485. The van der Waals surface area contributed by atoms with Crippen LogP contribution in [0.3, 0.4) is 0 Å². The van der Waals surface area contributed by atoms with E-state index < -0.39 is 12.0 Å². The Labute approximate surface area is 117 Å². The Bertz CT molecular complexity index is 464. The van der Waals surface area contributed by atoms with Gasteiger partial charge in [-0.25, -0.2) is 4.79 Å². The lowest BCUT2D eigenvalue weighted by Crippen LogP contribution is -2.44. The zero-order valence-corrected chi connectivity index (χ0v) is 12.0. The number of carboxylic acid groups (broad SMARTS) is 1. The Hall–Kier alpha value is -2.24. The number of anilines is 1. The summed E-state index contributed by atoms with van der Waals surface area (Å²) in [7, 11) is 2.90. The number of rotatable bonds is 7. The van der Waals surface area contributed by atoms with E-state index in [2.05, 4.69) is 0 Å². The van der Waals surface area contributed by atoms with Crippen LogP contribution in [0.25, 0.3) is 0 Å². The van der Waals surface area contributed by atoms with Crippen LogP contribution in [-0.4, -0.2) is 37.7 Å². The minimum Gasteiger partial charge on any atom is -0.494 e. The molecule has 1 amide bonds. The van der Waals surface area contributed by atoms with Crippen LogP contribution in [0.4, 0.5) is 5.69 Å². The van der Waals surface area contributed by atoms with E-state index in [-0.39, 0.29) is 5.92 Å². The molecule has 0 aliphatic heterocycles. The summed E-state index contributed by atoms with van der Waals surface area (Å²) >= 11 is 0. The van der Waals surface area contributed by atoms with Crippen LogP contribution in [0.5, 0.6) is 11.5 Å². The van der Waals surface area contributed by atoms with Gasteiger partial charge in [0.25, 0.3) is 0 Å². The topological polar surface area (TPSA) is 76.1 Å². The summed E-state index contributed by atoms with van der Waals surface area (Å²) in [6, 6.07) is 3.99. The van der Waals surface area contributed by atoms with E-state index in [1.807, 2.05) is 0 Å². The standard InChI is InChI=1S/C14H19NO5/c1-9(2)12(14(17)18)15(8-16)13-10(19-3)6-5-7-11(13)20-4/h5-9,12H,1-4H3,(H,17,18). The zero-order valence-electron chi connectivity index (χ0n) is 12.0. The Kier molecular flexibility index (Phi) is 5.37. The van der Waals surface area contributed by atoms with Gasteiger partial charge in [-0.3, -0.25) is 9.69 Å². The molecule has 0 spiro atoms. The Morgan fingerprint density at radius 3 is 2.05 bits per heavy atom. The lowest BCUT2D eigenvalue weighted by molar-refractivity contribution is -0.140. The normalized spacial score (nSPS) is 11.8. The molecular weight excluding hydrogens is 262 g/mol. The maximum Gasteiger partial charge on any atom is 0.327 e. The molecule has 1 rings (SSSR count). The van der Waals surface area contributed by atoms with Crippen molar-refractivity contribution in [1.29, 1.82) is 0 Å². The number of hydrogen-bond donors (Lipinski definition) is 1. The summed E-state index contributed by atoms with van der Waals surface area (Å²) in [5.74, 6) is -0.598. The number of benzene rings is 1. The van der Waals surface area contributed by atoms with Crippen molar-refractivity contribution in [1.82, 2.24) is 0 Å². The second-order valence-electron chi connectivity index (χ2n) is 4.55. The molecule has 6 heteroatoms. The average Bonchev–Trinajstić information content (AvgIpc) is 2.42. The molecule has 0 bridgehead atoms. The second kappa shape index (κ2) is 6.79. The molecule has 0 heterocycles. The van der Waals surface area contributed by atoms with E-state index in [9.17, 15) is 14.7 Å². The molecule has 0 aliphatic carbocycles. The quantitative estimate of drug-likeness (QED) is 0.771. The number of para-hydroxylation sites is 1. The van der Waals surface area contributed by atoms with Crippen molar-refractivity contribution in [2.24, 2.45) is 5.92 Å². The third-order valence-corrected chi connectivity index (χ3v) is 2.96. The minimum atomic E-state index is -1.08. The first-order valence-corrected chi connectivity index (χ1v) is 6.15. The van der Waals surface area contributed by atoms with Crippen LogP contribution in [0.2, 0.25) is 0 Å². The average molecular weight is 281 g/mol. The van der Waals surface area contributed by atoms with Crippen molar-refractivity contribution in [3.05, 3.63) is 18.2 Å². The van der Waals surface area contributed by atoms with Gasteiger partial charge < -0.3 is 14.6 Å². The van der Waals surface area contributed by atoms with E-state index in [1.54, 1.807) is 32.0 Å². The van der Waals surface area contributed by atoms with Crippen LogP contribution in [-0.2, 0) is 9.59 Å². The lowest BCUT2D eigenvalue weighted by atomic mass is 10.0. The number of methoxy groups -OCH3 is 2. The molecule has 110 valence electrons. The van der Waals surface area contributed by atoms with Gasteiger partial charge in [-0.2, -0.15) is 0 Å². The fraction of sp³-hybridized carbons (Fsp3) is 0.429. The highest BCUT2D eigenvalue weighted by molar-refractivity contribution is 5.92. The molecule has 1 N–H and O–H groups in total. The summed E-state index contributed by atoms with van der Waals surface area (Å²) in [5, 5.41) is 9.35. The van der Waals surface area contributed by atoms with Crippen molar-refractivity contribution in [3.63, 3.8) is 0 Å². The molecule has 20 heavy (non-hydrogen) atoms. The van der Waals surface area contributed by atoms with Crippen molar-refractivity contribution in [2.75, 3.05) is 19.1 Å². The van der Waals surface area contributed by atoms with Crippen LogP contribution in [0, 0.1) is 5.92 Å². The number of carbonyl (C=O) groups excluding carboxylic acids is 1. The van der Waals surface area contributed by atoms with Crippen molar-refractivity contribution >= 4 is 18.1 Å². The predicted molar refractivity (Wildman–Crippen MR) is 74.4 cm³/mol. The van der Waals surface area contributed by atoms with Crippen LogP contribution in [0.1, 0.15) is 13.8 Å². The molecule has 1 aromatic carbocycles. The number of hydrogen-bond acceptors (Lipinski definition) is 4. The van der Waals surface area contributed by atoms with Crippen molar-refractivity contribution in [2.45, 2.75) is 19.9 Å². The van der Waals surface area contributed by atoms with Gasteiger partial charge in [-0.05, 0) is 18.1 Å². The summed E-state index contributed by atoms with van der Waals surface area (Å²) < 4.78 is 10.4. The lowest BCUT2D eigenvalue weighted by Gasteiger charge is -2.30. The molecular formula is C14H19NO5. The van der Waals surface area contributed by atoms with Gasteiger partial charge in [0.2, 0.25) is 6.41 Å². The number of aliphatic carboxylic acids is 1. The van der Waals surface area contributed by atoms with E-state index in [4.69, 9.17) is 9.47 Å². The van der Waals surface area contributed by atoms with E-state index in [1.165, 1.54) is 14.2 Å². The fourth-order valence-corrected chi connectivity index (χ4v) is 2.07. The van der Waals surface area contributed by atoms with Gasteiger partial charge in [0, 0.05) is 0 Å². The Balaban J connectivity index is 3.44. The first-order valence-electron chi connectivity index (χ1n) is 6.15. The number of carbonyl (C=O) groups is 2. The SMILES string of the molecule is COc1cccc(OC)c1N(C=O)C(C(=O)O)C(C)C. The number of ether oxygens (including phenoxy) is 2. The van der Waals surface area contributed by atoms with Gasteiger partial charge in [0.05, 0.1) is 14.2 Å². The van der Waals surface area contributed by atoms with Gasteiger partial charge in [-0.1, -0.05) is 19.9 Å². The Morgan fingerprint density at radius 2 is 1.75 bits per heavy atom. The number of nitrogens with zero attached hydrogens (tertiary/aromatic N) is 1. The molecule has 0 saturated heterocycles. The smallest absolute Gasteiger partial charge is 0.327 e. The third-order valence-electron chi connectivity index (χ3n) is 2.96. The maximum atomic E-state index is 11.4. The third kappa shape index (κ3) is 3.01. The highest BCUT2D eigenvalue weighted by Crippen LogP contribution is 2.38. The minimum absolute atomic E-state index is 0.271. The monoisotopic (exact) mass is 281 g/mol. The molecule has 0 aromatic heterocycles. The first kappa shape index (κ1) is 15.8. The molecule has 0 saturated carbocycles. The predicted octanol–water partition coefficient (Wildman–Crippen LogP) is 1.78. The van der Waals surface area contributed by atoms with E-state index in [0.29, 0.717) is 23.6 Å². The van der Waals surface area contributed by atoms with E-state index in [0.717, 1.165) is 4.90 Å². The van der Waals surface area contributed by atoms with Crippen molar-refractivity contribution in [3.8, 4) is 11.5 Å². The van der Waals surface area contributed by atoms with Crippen LogP contribution in [0.15, 0.2) is 18.2 Å². The molecule has 0 radical (unpaired) electrons. The van der Waals surface area contributed by atoms with E-state index >= 15 is 0 Å². The van der Waals surface area contributed by atoms with Crippen molar-refractivity contribution < 1.29 is 24.2 Å². The van der Waals surface area contributed by atoms with Crippen LogP contribution >= 0.6 is 0 Å². The Morgan fingerprint density at radius 1 is 1.25 bits per heavy atom. The van der Waals surface area contributed by atoms with Gasteiger partial charge >= 0.3 is 5.97 Å². The molecule has 1 aromatic rings. The second-order valence-corrected chi connectivity index (χ2v) is 4.55. The molecule has 0 fully saturated rings. The highest BCUT2D eigenvalue weighted by atomic mass is 16.5. The zero-order chi connectivity index (χ0) is 15.3. The maximum absolute atomic E-state index is 11.4. The van der Waals surface area contributed by atoms with Gasteiger partial charge in [0.1, 0.15) is 23.2 Å². The highest BCUT2D eigenvalue weighted by Gasteiger charge is 2.32. The molecule has 6 nitrogen and oxygen atoms in total. The molecule has 0 aliphatic rings. The van der Waals surface area contributed by atoms with Crippen LogP contribution < -0.4 is 14.4 Å². The summed E-state index contributed by atoms with van der Waals surface area (Å²) in [5.41, 5.74) is 0.314. The first-order chi connectivity index (χ1) is 9.47. The summed E-state index contributed by atoms with van der Waals surface area (Å²) in [6.45, 7) is 3.47.